The fraction of sp³-hybridized carbons (Fsp3) is 0.429. The van der Waals surface area contributed by atoms with Crippen molar-refractivity contribution in [2.75, 3.05) is 0 Å². The second kappa shape index (κ2) is 4.29. The van der Waals surface area contributed by atoms with Crippen molar-refractivity contribution < 1.29 is 8.76 Å². The summed E-state index contributed by atoms with van der Waals surface area (Å²) < 4.78 is 19.0. The van der Waals surface area contributed by atoms with Gasteiger partial charge in [0.15, 0.2) is 11.1 Å². The van der Waals surface area contributed by atoms with Crippen LogP contribution in [0.3, 0.4) is 0 Å². The number of hydrogen-bond donors (Lipinski definition) is 2. The van der Waals surface area contributed by atoms with Crippen LogP contribution in [0.4, 0.5) is 0 Å². The van der Waals surface area contributed by atoms with Crippen LogP contribution < -0.4 is 5.56 Å². The Labute approximate surface area is 77.5 Å². The van der Waals surface area contributed by atoms with E-state index in [9.17, 15) is 9.00 Å². The van der Waals surface area contributed by atoms with Crippen molar-refractivity contribution in [1.82, 2.24) is 9.97 Å². The Hall–Kier alpha value is -1.01. The maximum Gasteiger partial charge on any atom is 0.251 e. The SMILES string of the molecule is CCc1cc(=O)[nH]c(CS(=O)O)n1. The molecule has 0 saturated heterocycles. The molecule has 5 nitrogen and oxygen atoms in total. The lowest BCUT2D eigenvalue weighted by Gasteiger charge is -1.99. The van der Waals surface area contributed by atoms with Gasteiger partial charge in [0, 0.05) is 11.8 Å². The fourth-order valence-corrected chi connectivity index (χ4v) is 1.30. The zero-order chi connectivity index (χ0) is 9.84. The predicted molar refractivity (Wildman–Crippen MR) is 48.7 cm³/mol. The van der Waals surface area contributed by atoms with Gasteiger partial charge in [0.25, 0.3) is 5.56 Å². The average molecular weight is 202 g/mol. The lowest BCUT2D eigenvalue weighted by molar-refractivity contribution is 0.561. The van der Waals surface area contributed by atoms with Crippen LogP contribution in [0, 0.1) is 0 Å². The summed E-state index contributed by atoms with van der Waals surface area (Å²) >= 11 is -1.97. The maximum absolute atomic E-state index is 11.0. The molecule has 1 aromatic rings. The van der Waals surface area contributed by atoms with E-state index in [4.69, 9.17) is 4.55 Å². The molecule has 0 spiro atoms. The minimum atomic E-state index is -1.97. The fourth-order valence-electron chi connectivity index (χ4n) is 0.930. The summed E-state index contributed by atoms with van der Waals surface area (Å²) in [4.78, 5) is 17.4. The van der Waals surface area contributed by atoms with Gasteiger partial charge in [-0.2, -0.15) is 0 Å². The standard InChI is InChI=1S/C7H10N2O3S/c1-2-5-3-7(10)9-6(8-5)4-13(11)12/h3H,2,4H2,1H3,(H,11,12)(H,8,9,10). The normalized spacial score (nSPS) is 12.8. The summed E-state index contributed by atoms with van der Waals surface area (Å²) in [6, 6.07) is 1.38. The number of H-pyrrole nitrogens is 1. The molecule has 0 bridgehead atoms. The van der Waals surface area contributed by atoms with Crippen LogP contribution in [0.25, 0.3) is 0 Å². The highest BCUT2D eigenvalue weighted by molar-refractivity contribution is 7.78. The number of nitrogens with zero attached hydrogens (tertiary/aromatic N) is 1. The van der Waals surface area contributed by atoms with Crippen LogP contribution in [0.5, 0.6) is 0 Å². The second-order valence-corrected chi connectivity index (χ2v) is 3.43. The molecule has 0 saturated carbocycles. The number of aromatic amines is 1. The van der Waals surface area contributed by atoms with E-state index in [-0.39, 0.29) is 17.1 Å². The summed E-state index contributed by atoms with van der Waals surface area (Å²) in [7, 11) is 0. The number of aryl methyl sites for hydroxylation is 1. The average Bonchev–Trinajstić information content (AvgIpc) is 2.01. The lowest BCUT2D eigenvalue weighted by atomic mass is 10.3. The van der Waals surface area contributed by atoms with Gasteiger partial charge >= 0.3 is 0 Å². The third-order valence-electron chi connectivity index (χ3n) is 1.47. The minimum absolute atomic E-state index is 0.136. The molecule has 72 valence electrons. The molecule has 1 rings (SSSR count). The van der Waals surface area contributed by atoms with Gasteiger partial charge in [-0.25, -0.2) is 9.19 Å². The van der Waals surface area contributed by atoms with Gasteiger partial charge in [-0.3, -0.25) is 4.79 Å². The van der Waals surface area contributed by atoms with Gasteiger partial charge in [-0.15, -0.1) is 0 Å². The Morgan fingerprint density at radius 3 is 2.92 bits per heavy atom. The Morgan fingerprint density at radius 1 is 1.69 bits per heavy atom. The van der Waals surface area contributed by atoms with Crippen LogP contribution in [0.15, 0.2) is 10.9 Å². The van der Waals surface area contributed by atoms with E-state index >= 15 is 0 Å². The molecule has 1 unspecified atom stereocenters. The lowest BCUT2D eigenvalue weighted by Crippen LogP contribution is -2.13. The number of hydrogen-bond acceptors (Lipinski definition) is 3. The van der Waals surface area contributed by atoms with Gasteiger partial charge in [-0.1, -0.05) is 6.92 Å². The Bertz CT molecular complexity index is 374. The molecule has 0 fully saturated rings. The molecule has 6 heteroatoms. The molecule has 1 aromatic heterocycles. The van der Waals surface area contributed by atoms with E-state index in [0.29, 0.717) is 12.1 Å². The third kappa shape index (κ3) is 3.08. The number of aromatic nitrogens is 2. The topological polar surface area (TPSA) is 83.0 Å². The van der Waals surface area contributed by atoms with Crippen LogP contribution >= 0.6 is 0 Å². The molecule has 13 heavy (non-hydrogen) atoms. The van der Waals surface area contributed by atoms with E-state index in [0.717, 1.165) is 0 Å². The molecular formula is C7H10N2O3S. The van der Waals surface area contributed by atoms with Crippen LogP contribution in [-0.4, -0.2) is 18.7 Å². The van der Waals surface area contributed by atoms with Crippen molar-refractivity contribution in [3.63, 3.8) is 0 Å². The van der Waals surface area contributed by atoms with Crippen molar-refractivity contribution in [3.05, 3.63) is 27.9 Å². The first kappa shape index (κ1) is 10.1. The highest BCUT2D eigenvalue weighted by atomic mass is 32.2. The molecule has 0 aliphatic heterocycles. The van der Waals surface area contributed by atoms with E-state index in [1.54, 1.807) is 0 Å². The maximum atomic E-state index is 11.0. The zero-order valence-corrected chi connectivity index (χ0v) is 7.93. The summed E-state index contributed by atoms with van der Waals surface area (Å²) in [5.74, 6) is 0.119. The second-order valence-electron chi connectivity index (χ2n) is 2.50. The molecular weight excluding hydrogens is 192 g/mol. The van der Waals surface area contributed by atoms with Gasteiger partial charge in [-0.05, 0) is 6.42 Å². The molecule has 0 aliphatic carbocycles. The molecule has 1 atom stereocenters. The first-order chi connectivity index (χ1) is 6.11. The van der Waals surface area contributed by atoms with Gasteiger partial charge in [0.2, 0.25) is 0 Å². The van der Waals surface area contributed by atoms with Crippen LogP contribution in [0.1, 0.15) is 18.4 Å². The van der Waals surface area contributed by atoms with Gasteiger partial charge < -0.3 is 9.54 Å². The first-order valence-corrected chi connectivity index (χ1v) is 5.06. The van der Waals surface area contributed by atoms with Gasteiger partial charge in [0.1, 0.15) is 11.6 Å². The van der Waals surface area contributed by atoms with Crippen LogP contribution in [-0.2, 0) is 23.3 Å². The van der Waals surface area contributed by atoms with Gasteiger partial charge in [0.05, 0.1) is 0 Å². The van der Waals surface area contributed by atoms with E-state index < -0.39 is 11.1 Å². The third-order valence-corrected chi connectivity index (χ3v) is 1.99. The zero-order valence-electron chi connectivity index (χ0n) is 7.11. The van der Waals surface area contributed by atoms with Crippen LogP contribution in [0.2, 0.25) is 0 Å². The largest absolute Gasteiger partial charge is 0.310 e. The van der Waals surface area contributed by atoms with E-state index in [1.165, 1.54) is 6.07 Å². The van der Waals surface area contributed by atoms with E-state index in [2.05, 4.69) is 9.97 Å². The summed E-state index contributed by atoms with van der Waals surface area (Å²) in [5.41, 5.74) is 0.344. The Kier molecular flexibility index (Phi) is 3.32. The monoisotopic (exact) mass is 202 g/mol. The highest BCUT2D eigenvalue weighted by Crippen LogP contribution is 1.95. The quantitative estimate of drug-likeness (QED) is 0.678. The molecule has 0 aliphatic rings. The van der Waals surface area contributed by atoms with E-state index in [1.807, 2.05) is 6.92 Å². The summed E-state index contributed by atoms with van der Waals surface area (Å²) in [6.07, 6.45) is 0.634. The molecule has 0 amide bonds. The molecule has 0 aromatic carbocycles. The predicted octanol–water partition coefficient (Wildman–Crippen LogP) is 0.0540. The Morgan fingerprint density at radius 2 is 2.38 bits per heavy atom. The summed E-state index contributed by atoms with van der Waals surface area (Å²) in [5, 5.41) is 0. The molecule has 0 radical (unpaired) electrons. The number of nitrogens with one attached hydrogen (secondary N) is 1. The Balaban J connectivity index is 3.01. The summed E-state index contributed by atoms with van der Waals surface area (Å²) in [6.45, 7) is 1.86. The van der Waals surface area contributed by atoms with Crippen molar-refractivity contribution in [2.24, 2.45) is 0 Å². The smallest absolute Gasteiger partial charge is 0.251 e. The molecule has 1 heterocycles. The van der Waals surface area contributed by atoms with Crippen molar-refractivity contribution in [1.29, 1.82) is 0 Å². The first-order valence-electron chi connectivity index (χ1n) is 3.78. The van der Waals surface area contributed by atoms with Crippen molar-refractivity contribution >= 4 is 11.1 Å². The van der Waals surface area contributed by atoms with Crippen molar-refractivity contribution in [3.8, 4) is 0 Å². The number of rotatable bonds is 3. The molecule has 2 N–H and O–H groups in total. The van der Waals surface area contributed by atoms with Crippen molar-refractivity contribution in [2.45, 2.75) is 19.1 Å². The minimum Gasteiger partial charge on any atom is -0.310 e. The highest BCUT2D eigenvalue weighted by Gasteiger charge is 2.02.